The summed E-state index contributed by atoms with van der Waals surface area (Å²) in [6.07, 6.45) is 2.05. The summed E-state index contributed by atoms with van der Waals surface area (Å²) in [7, 11) is 0. The number of amides is 1. The maximum atomic E-state index is 13.2. The second-order valence-electron chi connectivity index (χ2n) is 7.23. The molecule has 1 amide bonds. The van der Waals surface area contributed by atoms with Gasteiger partial charge in [-0.3, -0.25) is 24.5 Å². The monoisotopic (exact) mass is 538 g/mol. The first-order chi connectivity index (χ1) is 16.6. The summed E-state index contributed by atoms with van der Waals surface area (Å²) < 4.78 is 16.2. The van der Waals surface area contributed by atoms with E-state index in [0.29, 0.717) is 35.5 Å². The van der Waals surface area contributed by atoms with Crippen molar-refractivity contribution >= 4 is 67.9 Å². The van der Waals surface area contributed by atoms with Gasteiger partial charge in [-0.1, -0.05) is 6.08 Å². The Hall–Kier alpha value is -3.03. The van der Waals surface area contributed by atoms with Crippen molar-refractivity contribution in [2.45, 2.75) is 39.3 Å². The van der Waals surface area contributed by atoms with Crippen molar-refractivity contribution < 1.29 is 33.0 Å². The van der Waals surface area contributed by atoms with Crippen LogP contribution in [0.25, 0.3) is 0 Å². The molecule has 0 saturated carbocycles. The summed E-state index contributed by atoms with van der Waals surface area (Å²) in [6, 6.07) is 4.84. The predicted molar refractivity (Wildman–Crippen MR) is 134 cm³/mol. The average Bonchev–Trinajstić information content (AvgIpc) is 2.79. The standard InChI is InChI=1S/C22H22N2O8S3/c1-4-5-18-17(10-11-33-31)20(27)23(18)19(22(34-13(2)25)35-14(3)26)21(28)32-12-15-6-8-16(9-7-15)24(29)30/h4,6-9,11,17-18H,1,5,10,12H2,2-3H3. The molecule has 1 aliphatic heterocycles. The van der Waals surface area contributed by atoms with E-state index in [1.807, 2.05) is 0 Å². The minimum Gasteiger partial charge on any atom is -0.456 e. The largest absolute Gasteiger partial charge is 0.456 e. The zero-order chi connectivity index (χ0) is 26.1. The average molecular weight is 539 g/mol. The van der Waals surface area contributed by atoms with Gasteiger partial charge in [-0.25, -0.2) is 9.00 Å². The second kappa shape index (κ2) is 13.2. The van der Waals surface area contributed by atoms with Crippen LogP contribution in [0.3, 0.4) is 0 Å². The molecule has 0 bridgehead atoms. The van der Waals surface area contributed by atoms with Crippen molar-refractivity contribution in [2.75, 3.05) is 0 Å². The second-order valence-corrected chi connectivity index (χ2v) is 10.4. The SMILES string of the molecule is C=CCC1C(CC=S=O)C(=O)N1C(C(=O)OCc1ccc([N+](=O)[O-])cc1)=C(SC(C)=O)SC(C)=O. The lowest BCUT2D eigenvalue weighted by Gasteiger charge is -2.47. The van der Waals surface area contributed by atoms with E-state index in [0.717, 1.165) is 0 Å². The number of non-ortho nitro benzene ring substituents is 1. The first kappa shape index (κ1) is 28.2. The number of esters is 1. The first-order valence-corrected chi connectivity index (χ1v) is 12.6. The number of nitro groups is 1. The van der Waals surface area contributed by atoms with Gasteiger partial charge in [-0.05, 0) is 54.1 Å². The smallest absolute Gasteiger partial charge is 0.357 e. The third kappa shape index (κ3) is 7.47. The Labute approximate surface area is 213 Å². The van der Waals surface area contributed by atoms with Gasteiger partial charge in [0, 0.05) is 31.3 Å². The number of likely N-dealkylation sites (tertiary alicyclic amines) is 1. The van der Waals surface area contributed by atoms with E-state index in [9.17, 15) is 33.5 Å². The van der Waals surface area contributed by atoms with Gasteiger partial charge in [0.2, 0.25) is 5.91 Å². The van der Waals surface area contributed by atoms with E-state index in [-0.39, 0.29) is 39.9 Å². The lowest BCUT2D eigenvalue weighted by Crippen LogP contribution is -2.61. The fourth-order valence-corrected chi connectivity index (χ4v) is 5.55. The molecule has 0 N–H and O–H groups in total. The van der Waals surface area contributed by atoms with Crippen molar-refractivity contribution in [3.05, 3.63) is 62.5 Å². The van der Waals surface area contributed by atoms with E-state index >= 15 is 0 Å². The number of hydrogen-bond acceptors (Lipinski definition) is 10. The van der Waals surface area contributed by atoms with Gasteiger partial charge in [-0.2, -0.15) is 0 Å². The Kier molecular flexibility index (Phi) is 10.6. The molecule has 0 spiro atoms. The number of nitro benzene ring substituents is 1. The summed E-state index contributed by atoms with van der Waals surface area (Å²) in [5.74, 6) is -1.96. The maximum absolute atomic E-state index is 13.2. The molecule has 2 atom stereocenters. The number of carbonyl (C=O) groups is 4. The van der Waals surface area contributed by atoms with Crippen molar-refractivity contribution in [2.24, 2.45) is 5.92 Å². The summed E-state index contributed by atoms with van der Waals surface area (Å²) in [5.41, 5.74) is 0.0900. The summed E-state index contributed by atoms with van der Waals surface area (Å²) in [6.45, 7) is 5.94. The molecule has 35 heavy (non-hydrogen) atoms. The Balaban J connectivity index is 2.44. The molecular formula is C22H22N2O8S3. The molecule has 13 heteroatoms. The van der Waals surface area contributed by atoms with Gasteiger partial charge in [0.25, 0.3) is 5.69 Å². The van der Waals surface area contributed by atoms with Crippen LogP contribution in [0.5, 0.6) is 0 Å². The topological polar surface area (TPSA) is 141 Å². The molecule has 1 aliphatic rings. The molecule has 2 rings (SSSR count). The molecule has 0 aromatic heterocycles. The van der Waals surface area contributed by atoms with Gasteiger partial charge in [0.15, 0.2) is 15.9 Å². The van der Waals surface area contributed by atoms with Crippen molar-refractivity contribution in [1.29, 1.82) is 0 Å². The fourth-order valence-electron chi connectivity index (χ4n) is 3.31. The van der Waals surface area contributed by atoms with Crippen LogP contribution in [0.1, 0.15) is 32.3 Å². The first-order valence-electron chi connectivity index (χ1n) is 10.2. The predicted octanol–water partition coefficient (Wildman–Crippen LogP) is 3.17. The number of carbonyl (C=O) groups excluding carboxylic acids is 4. The normalized spacial score (nSPS) is 16.5. The van der Waals surface area contributed by atoms with Crippen LogP contribution in [0.2, 0.25) is 0 Å². The van der Waals surface area contributed by atoms with Gasteiger partial charge in [0.05, 0.1) is 32.4 Å². The van der Waals surface area contributed by atoms with Gasteiger partial charge in [0.1, 0.15) is 6.61 Å². The van der Waals surface area contributed by atoms with E-state index in [2.05, 4.69) is 6.58 Å². The van der Waals surface area contributed by atoms with Crippen LogP contribution < -0.4 is 0 Å². The highest BCUT2D eigenvalue weighted by molar-refractivity contribution is 8.34. The summed E-state index contributed by atoms with van der Waals surface area (Å²) >= 11 is 1.50. The van der Waals surface area contributed by atoms with Crippen molar-refractivity contribution in [1.82, 2.24) is 4.90 Å². The highest BCUT2D eigenvalue weighted by Gasteiger charge is 2.50. The zero-order valence-electron chi connectivity index (χ0n) is 18.8. The number of ether oxygens (including phenoxy) is 1. The van der Waals surface area contributed by atoms with Gasteiger partial charge in [-0.15, -0.1) is 6.58 Å². The highest BCUT2D eigenvalue weighted by Crippen LogP contribution is 2.42. The van der Waals surface area contributed by atoms with E-state index in [4.69, 9.17) is 4.74 Å². The maximum Gasteiger partial charge on any atom is 0.357 e. The van der Waals surface area contributed by atoms with Gasteiger partial charge < -0.3 is 9.64 Å². The van der Waals surface area contributed by atoms with Crippen LogP contribution in [-0.2, 0) is 41.8 Å². The quantitative estimate of drug-likeness (QED) is 0.0784. The van der Waals surface area contributed by atoms with Crippen LogP contribution >= 0.6 is 23.5 Å². The number of benzene rings is 1. The number of thioether (sulfide) groups is 2. The van der Waals surface area contributed by atoms with Crippen LogP contribution in [-0.4, -0.2) is 47.5 Å². The molecule has 1 heterocycles. The number of hydrogen-bond donors (Lipinski definition) is 0. The Morgan fingerprint density at radius 3 is 2.23 bits per heavy atom. The van der Waals surface area contributed by atoms with Crippen molar-refractivity contribution in [3.8, 4) is 0 Å². The molecule has 1 saturated heterocycles. The van der Waals surface area contributed by atoms with E-state index in [1.165, 1.54) is 48.4 Å². The van der Waals surface area contributed by atoms with Gasteiger partial charge >= 0.3 is 5.97 Å². The molecule has 1 aromatic rings. The van der Waals surface area contributed by atoms with Crippen LogP contribution in [0.4, 0.5) is 5.69 Å². The highest BCUT2D eigenvalue weighted by atomic mass is 32.2. The third-order valence-corrected chi connectivity index (χ3v) is 6.96. The Morgan fingerprint density at radius 2 is 1.74 bits per heavy atom. The number of nitrogens with zero attached hydrogens (tertiary/aromatic N) is 2. The molecular weight excluding hydrogens is 516 g/mol. The fraction of sp³-hybridized carbons (Fsp3) is 0.318. The summed E-state index contributed by atoms with van der Waals surface area (Å²) in [5, 5.41) is 11.4. The number of rotatable bonds is 11. The van der Waals surface area contributed by atoms with E-state index < -0.39 is 39.0 Å². The Morgan fingerprint density at radius 1 is 1.14 bits per heavy atom. The zero-order valence-corrected chi connectivity index (χ0v) is 21.3. The van der Waals surface area contributed by atoms with E-state index in [1.54, 1.807) is 6.08 Å². The minimum absolute atomic E-state index is 0.00161. The molecule has 1 aromatic carbocycles. The molecule has 1 fully saturated rings. The van der Waals surface area contributed by atoms with Crippen LogP contribution in [0.15, 0.2) is 46.9 Å². The summed E-state index contributed by atoms with van der Waals surface area (Å²) in [4.78, 5) is 61.5. The lowest BCUT2D eigenvalue weighted by molar-refractivity contribution is -0.384. The number of β-lactam (4-membered cyclic amide) rings is 1. The molecule has 186 valence electrons. The molecule has 0 aliphatic carbocycles. The molecule has 0 radical (unpaired) electrons. The lowest BCUT2D eigenvalue weighted by atomic mass is 9.82. The minimum atomic E-state index is -0.941. The van der Waals surface area contributed by atoms with Crippen molar-refractivity contribution in [3.63, 3.8) is 0 Å². The molecule has 2 unspecified atom stereocenters. The Bertz CT molecular complexity index is 1110. The molecule has 10 nitrogen and oxygen atoms in total. The van der Waals surface area contributed by atoms with Crippen LogP contribution in [0, 0.1) is 16.0 Å². The third-order valence-electron chi connectivity index (χ3n) is 4.79.